The van der Waals surface area contributed by atoms with Gasteiger partial charge >= 0.3 is 5.97 Å². The van der Waals surface area contributed by atoms with E-state index in [1.807, 2.05) is 0 Å². The van der Waals surface area contributed by atoms with Crippen molar-refractivity contribution in [3.8, 4) is 0 Å². The number of aryl methyl sites for hydroxylation is 1. The van der Waals surface area contributed by atoms with Crippen LogP contribution in [0.5, 0.6) is 0 Å². The molecule has 0 aliphatic rings. The molecule has 0 saturated heterocycles. The molecule has 1 aromatic heterocycles. The lowest BCUT2D eigenvalue weighted by Gasteiger charge is -2.09. The van der Waals surface area contributed by atoms with E-state index >= 15 is 0 Å². The molecule has 1 aromatic rings. The summed E-state index contributed by atoms with van der Waals surface area (Å²) in [5.41, 5.74) is 0.992. The summed E-state index contributed by atoms with van der Waals surface area (Å²) in [5.74, 6) is 0.340. The van der Waals surface area contributed by atoms with Gasteiger partial charge in [-0.3, -0.25) is 0 Å². The van der Waals surface area contributed by atoms with Crippen molar-refractivity contribution >= 4 is 11.8 Å². The van der Waals surface area contributed by atoms with E-state index in [1.165, 1.54) is 0 Å². The highest BCUT2D eigenvalue weighted by molar-refractivity contribution is 5.88. The van der Waals surface area contributed by atoms with E-state index in [4.69, 9.17) is 5.11 Å². The SMILES string of the molecule is Cc1cc(C(=O)O)cc(NCCC(C)C)n1. The third-order valence-corrected chi connectivity index (χ3v) is 2.23. The van der Waals surface area contributed by atoms with Gasteiger partial charge in [0, 0.05) is 12.2 Å². The molecule has 4 heteroatoms. The molecular weight excluding hydrogens is 204 g/mol. The number of aromatic nitrogens is 1. The van der Waals surface area contributed by atoms with E-state index in [1.54, 1.807) is 19.1 Å². The molecule has 0 fully saturated rings. The quantitative estimate of drug-likeness (QED) is 0.803. The molecule has 2 N–H and O–H groups in total. The minimum absolute atomic E-state index is 0.277. The molecule has 0 aliphatic carbocycles. The first-order chi connectivity index (χ1) is 7.49. The molecule has 1 rings (SSSR count). The number of hydrogen-bond acceptors (Lipinski definition) is 3. The van der Waals surface area contributed by atoms with Crippen molar-refractivity contribution in [3.05, 3.63) is 23.4 Å². The van der Waals surface area contributed by atoms with E-state index in [-0.39, 0.29) is 5.56 Å². The Morgan fingerprint density at radius 2 is 2.19 bits per heavy atom. The fraction of sp³-hybridized carbons (Fsp3) is 0.500. The summed E-state index contributed by atoms with van der Waals surface area (Å²) in [4.78, 5) is 15.1. The summed E-state index contributed by atoms with van der Waals surface area (Å²) in [6, 6.07) is 3.13. The van der Waals surface area contributed by atoms with E-state index in [0.29, 0.717) is 17.4 Å². The fourth-order valence-corrected chi connectivity index (χ4v) is 1.37. The number of hydrogen-bond donors (Lipinski definition) is 2. The average Bonchev–Trinajstić information content (AvgIpc) is 2.16. The summed E-state index contributed by atoms with van der Waals surface area (Å²) in [5, 5.41) is 12.0. The topological polar surface area (TPSA) is 62.2 Å². The summed E-state index contributed by atoms with van der Waals surface area (Å²) in [7, 11) is 0. The minimum atomic E-state index is -0.919. The van der Waals surface area contributed by atoms with Gasteiger partial charge in [-0.15, -0.1) is 0 Å². The molecule has 0 saturated carbocycles. The van der Waals surface area contributed by atoms with Crippen molar-refractivity contribution in [3.63, 3.8) is 0 Å². The molecule has 0 bridgehead atoms. The van der Waals surface area contributed by atoms with Gasteiger partial charge in [-0.25, -0.2) is 9.78 Å². The van der Waals surface area contributed by atoms with Crippen LogP contribution in [-0.2, 0) is 0 Å². The van der Waals surface area contributed by atoms with Crippen LogP contribution in [0.25, 0.3) is 0 Å². The number of nitrogens with one attached hydrogen (secondary N) is 1. The zero-order valence-corrected chi connectivity index (χ0v) is 9.95. The largest absolute Gasteiger partial charge is 0.478 e. The van der Waals surface area contributed by atoms with Crippen LogP contribution in [0.3, 0.4) is 0 Å². The van der Waals surface area contributed by atoms with Gasteiger partial charge in [-0.1, -0.05) is 13.8 Å². The summed E-state index contributed by atoms with van der Waals surface area (Å²) in [6.07, 6.45) is 1.04. The van der Waals surface area contributed by atoms with Crippen molar-refractivity contribution in [1.82, 2.24) is 4.98 Å². The van der Waals surface area contributed by atoms with Gasteiger partial charge in [0.25, 0.3) is 0 Å². The lowest BCUT2D eigenvalue weighted by molar-refractivity contribution is 0.0696. The van der Waals surface area contributed by atoms with Gasteiger partial charge in [0.2, 0.25) is 0 Å². The number of carbonyl (C=O) groups is 1. The molecule has 16 heavy (non-hydrogen) atoms. The van der Waals surface area contributed by atoms with Crippen molar-refractivity contribution in [1.29, 1.82) is 0 Å². The van der Waals surface area contributed by atoms with Crippen LogP contribution in [0, 0.1) is 12.8 Å². The van der Waals surface area contributed by atoms with Crippen LogP contribution >= 0.6 is 0 Å². The van der Waals surface area contributed by atoms with Crippen molar-refractivity contribution in [2.45, 2.75) is 27.2 Å². The Hall–Kier alpha value is -1.58. The van der Waals surface area contributed by atoms with Gasteiger partial charge in [0.05, 0.1) is 5.56 Å². The Morgan fingerprint density at radius 1 is 1.50 bits per heavy atom. The molecule has 0 spiro atoms. The van der Waals surface area contributed by atoms with Gasteiger partial charge < -0.3 is 10.4 Å². The standard InChI is InChI=1S/C12H18N2O2/c1-8(2)4-5-13-11-7-10(12(15)16)6-9(3)14-11/h6-8H,4-5H2,1-3H3,(H,13,14)(H,15,16). The number of rotatable bonds is 5. The van der Waals surface area contributed by atoms with Crippen molar-refractivity contribution < 1.29 is 9.90 Å². The van der Waals surface area contributed by atoms with Crippen LogP contribution in [-0.4, -0.2) is 22.6 Å². The summed E-state index contributed by atoms with van der Waals surface area (Å²) < 4.78 is 0. The second-order valence-electron chi connectivity index (χ2n) is 4.30. The predicted molar refractivity (Wildman–Crippen MR) is 63.9 cm³/mol. The highest BCUT2D eigenvalue weighted by Crippen LogP contribution is 2.11. The highest BCUT2D eigenvalue weighted by Gasteiger charge is 2.06. The van der Waals surface area contributed by atoms with Crippen LogP contribution < -0.4 is 5.32 Å². The molecule has 0 aliphatic heterocycles. The van der Waals surface area contributed by atoms with E-state index < -0.39 is 5.97 Å². The maximum atomic E-state index is 10.8. The first-order valence-electron chi connectivity index (χ1n) is 5.45. The Bertz CT molecular complexity index is 375. The Morgan fingerprint density at radius 3 is 2.75 bits per heavy atom. The summed E-state index contributed by atoms with van der Waals surface area (Å²) >= 11 is 0. The average molecular weight is 222 g/mol. The molecule has 4 nitrogen and oxygen atoms in total. The zero-order chi connectivity index (χ0) is 12.1. The van der Waals surface area contributed by atoms with Gasteiger partial charge in [0.1, 0.15) is 5.82 Å². The molecular formula is C12H18N2O2. The predicted octanol–water partition coefficient (Wildman–Crippen LogP) is 2.55. The second kappa shape index (κ2) is 5.49. The number of pyridine rings is 1. The maximum absolute atomic E-state index is 10.8. The lowest BCUT2D eigenvalue weighted by atomic mass is 10.1. The summed E-state index contributed by atoms with van der Waals surface area (Å²) in [6.45, 7) is 6.90. The Balaban J connectivity index is 2.69. The fourth-order valence-electron chi connectivity index (χ4n) is 1.37. The highest BCUT2D eigenvalue weighted by atomic mass is 16.4. The molecule has 1 heterocycles. The number of carboxylic acids is 1. The molecule has 0 amide bonds. The normalized spacial score (nSPS) is 10.5. The Labute approximate surface area is 95.7 Å². The molecule has 0 aromatic carbocycles. The lowest BCUT2D eigenvalue weighted by Crippen LogP contribution is -2.08. The van der Waals surface area contributed by atoms with Crippen LogP contribution in [0.2, 0.25) is 0 Å². The first-order valence-corrected chi connectivity index (χ1v) is 5.45. The first kappa shape index (κ1) is 12.5. The smallest absolute Gasteiger partial charge is 0.335 e. The van der Waals surface area contributed by atoms with Crippen molar-refractivity contribution in [2.75, 3.05) is 11.9 Å². The zero-order valence-electron chi connectivity index (χ0n) is 9.95. The van der Waals surface area contributed by atoms with Gasteiger partial charge in [0.15, 0.2) is 0 Å². The molecule has 0 atom stereocenters. The Kier molecular flexibility index (Phi) is 4.28. The number of anilines is 1. The molecule has 0 radical (unpaired) electrons. The van der Waals surface area contributed by atoms with E-state index in [9.17, 15) is 4.79 Å². The second-order valence-corrected chi connectivity index (χ2v) is 4.30. The molecule has 0 unspecified atom stereocenters. The van der Waals surface area contributed by atoms with Crippen LogP contribution in [0.4, 0.5) is 5.82 Å². The minimum Gasteiger partial charge on any atom is -0.478 e. The van der Waals surface area contributed by atoms with Gasteiger partial charge in [-0.05, 0) is 31.4 Å². The van der Waals surface area contributed by atoms with E-state index in [0.717, 1.165) is 13.0 Å². The third kappa shape index (κ3) is 3.88. The number of aromatic carboxylic acids is 1. The number of nitrogens with zero attached hydrogens (tertiary/aromatic N) is 1. The third-order valence-electron chi connectivity index (χ3n) is 2.23. The molecule has 88 valence electrons. The van der Waals surface area contributed by atoms with Crippen LogP contribution in [0.15, 0.2) is 12.1 Å². The van der Waals surface area contributed by atoms with Gasteiger partial charge in [-0.2, -0.15) is 0 Å². The van der Waals surface area contributed by atoms with Crippen molar-refractivity contribution in [2.24, 2.45) is 5.92 Å². The number of carboxylic acid groups (broad SMARTS) is 1. The monoisotopic (exact) mass is 222 g/mol. The van der Waals surface area contributed by atoms with E-state index in [2.05, 4.69) is 24.1 Å². The maximum Gasteiger partial charge on any atom is 0.335 e. The van der Waals surface area contributed by atoms with Crippen LogP contribution in [0.1, 0.15) is 36.3 Å².